The maximum atomic E-state index is 11.8. The largest absolute Gasteiger partial charge is 0.494 e. The van der Waals surface area contributed by atoms with Gasteiger partial charge in [0, 0.05) is 12.6 Å². The number of amidine groups is 1. The van der Waals surface area contributed by atoms with Gasteiger partial charge in [0.15, 0.2) is 0 Å². The van der Waals surface area contributed by atoms with E-state index >= 15 is 0 Å². The third-order valence-corrected chi connectivity index (χ3v) is 4.00. The van der Waals surface area contributed by atoms with Crippen LogP contribution in [0.4, 0.5) is 10.5 Å². The Morgan fingerprint density at radius 2 is 1.96 bits per heavy atom. The van der Waals surface area contributed by atoms with Gasteiger partial charge in [-0.1, -0.05) is 0 Å². The minimum atomic E-state index is -0.559. The molecule has 7 heteroatoms. The average Bonchev–Trinajstić information content (AvgIpc) is 3.07. The van der Waals surface area contributed by atoms with Crippen LogP contribution in [0.1, 0.15) is 40.5 Å². The lowest BCUT2D eigenvalue weighted by atomic mass is 10.2. The molecule has 0 radical (unpaired) electrons. The highest BCUT2D eigenvalue weighted by molar-refractivity contribution is 5.95. The van der Waals surface area contributed by atoms with Crippen molar-refractivity contribution in [1.29, 1.82) is 0 Å². The Bertz CT molecular complexity index is 662. The van der Waals surface area contributed by atoms with Gasteiger partial charge in [-0.15, -0.1) is 0 Å². The molecule has 0 aromatic heterocycles. The lowest BCUT2D eigenvalue weighted by molar-refractivity contribution is 0.0563. The maximum Gasteiger partial charge on any atom is 0.413 e. The first kappa shape index (κ1) is 21.0. The molecule has 2 rings (SSSR count). The Labute approximate surface area is 161 Å². The highest BCUT2D eigenvalue weighted by Gasteiger charge is 2.16. The molecule has 1 amide bonds. The second kappa shape index (κ2) is 9.60. The van der Waals surface area contributed by atoms with Crippen LogP contribution in [0.5, 0.6) is 11.5 Å². The molecule has 7 nitrogen and oxygen atoms in total. The number of likely N-dealkylation sites (tertiary alicyclic amines) is 1. The molecule has 0 atom stereocenters. The summed E-state index contributed by atoms with van der Waals surface area (Å²) < 4.78 is 16.5. The van der Waals surface area contributed by atoms with Crippen LogP contribution in [0.25, 0.3) is 0 Å². The van der Waals surface area contributed by atoms with Crippen molar-refractivity contribution in [3.8, 4) is 11.5 Å². The van der Waals surface area contributed by atoms with Crippen LogP contribution in [-0.4, -0.2) is 55.8 Å². The number of benzene rings is 1. The number of hydrogen-bond donors (Lipinski definition) is 1. The summed E-state index contributed by atoms with van der Waals surface area (Å²) >= 11 is 0. The van der Waals surface area contributed by atoms with E-state index in [4.69, 9.17) is 14.2 Å². The molecule has 0 spiro atoms. The fourth-order valence-electron chi connectivity index (χ4n) is 2.80. The molecule has 1 aliphatic heterocycles. The Hall–Kier alpha value is -2.28. The zero-order valence-electron chi connectivity index (χ0n) is 17.0. The van der Waals surface area contributed by atoms with Crippen LogP contribution < -0.4 is 14.8 Å². The SMILES string of the molecule is COc1cc(OCCN2CCCC2)ccc1N=C(C)NC(=O)OC(C)(C)C. The van der Waals surface area contributed by atoms with E-state index in [9.17, 15) is 4.79 Å². The highest BCUT2D eigenvalue weighted by atomic mass is 16.6. The van der Waals surface area contributed by atoms with E-state index in [0.29, 0.717) is 23.9 Å². The van der Waals surface area contributed by atoms with Crippen LogP contribution in [-0.2, 0) is 4.74 Å². The molecule has 1 aliphatic rings. The van der Waals surface area contributed by atoms with Crippen molar-refractivity contribution in [1.82, 2.24) is 10.2 Å². The Kier molecular flexibility index (Phi) is 7.47. The maximum absolute atomic E-state index is 11.8. The molecule has 0 saturated carbocycles. The summed E-state index contributed by atoms with van der Waals surface area (Å²) in [7, 11) is 1.58. The van der Waals surface area contributed by atoms with E-state index in [1.165, 1.54) is 12.8 Å². The summed E-state index contributed by atoms with van der Waals surface area (Å²) in [6.07, 6.45) is 2.01. The normalized spacial score (nSPS) is 15.5. The highest BCUT2D eigenvalue weighted by Crippen LogP contribution is 2.31. The molecule has 1 aromatic carbocycles. The molecule has 1 saturated heterocycles. The second-order valence-corrected chi connectivity index (χ2v) is 7.55. The van der Waals surface area contributed by atoms with Crippen molar-refractivity contribution in [2.75, 3.05) is 33.4 Å². The standard InChI is InChI=1S/C20H31N3O4/c1-15(22-19(24)27-20(2,3)4)21-17-9-8-16(14-18(17)25-5)26-13-12-23-10-6-7-11-23/h8-9,14H,6-7,10-13H2,1-5H3,(H,21,22,24). The van der Waals surface area contributed by atoms with E-state index in [2.05, 4.69) is 15.2 Å². The summed E-state index contributed by atoms with van der Waals surface area (Å²) in [4.78, 5) is 18.6. The molecule has 1 fully saturated rings. The van der Waals surface area contributed by atoms with Gasteiger partial charge in [-0.2, -0.15) is 0 Å². The third-order valence-electron chi connectivity index (χ3n) is 4.00. The summed E-state index contributed by atoms with van der Waals surface area (Å²) in [5, 5.41) is 2.61. The number of hydrogen-bond acceptors (Lipinski definition) is 6. The van der Waals surface area contributed by atoms with E-state index in [1.54, 1.807) is 14.0 Å². The zero-order valence-corrected chi connectivity index (χ0v) is 17.0. The number of carbonyl (C=O) groups excluding carboxylic acids is 1. The molecule has 150 valence electrons. The first-order valence-corrected chi connectivity index (χ1v) is 9.35. The summed E-state index contributed by atoms with van der Waals surface area (Å²) in [6, 6.07) is 5.47. The Balaban J connectivity index is 1.94. The molecular weight excluding hydrogens is 346 g/mol. The van der Waals surface area contributed by atoms with Gasteiger partial charge in [-0.3, -0.25) is 10.2 Å². The molecule has 1 N–H and O–H groups in total. The van der Waals surface area contributed by atoms with Crippen molar-refractivity contribution in [3.63, 3.8) is 0 Å². The van der Waals surface area contributed by atoms with Crippen molar-refractivity contribution >= 4 is 17.6 Å². The number of carbonyl (C=O) groups is 1. The summed E-state index contributed by atoms with van der Waals surface area (Å²) in [5.74, 6) is 1.74. The molecular formula is C20H31N3O4. The van der Waals surface area contributed by atoms with Gasteiger partial charge in [0.05, 0.1) is 7.11 Å². The van der Waals surface area contributed by atoms with Gasteiger partial charge < -0.3 is 14.2 Å². The number of amides is 1. The number of rotatable bonds is 6. The van der Waals surface area contributed by atoms with Gasteiger partial charge in [0.25, 0.3) is 0 Å². The van der Waals surface area contributed by atoms with E-state index < -0.39 is 11.7 Å². The van der Waals surface area contributed by atoms with Gasteiger partial charge >= 0.3 is 6.09 Å². The van der Waals surface area contributed by atoms with E-state index in [1.807, 2.05) is 39.0 Å². The zero-order chi connectivity index (χ0) is 19.9. The first-order chi connectivity index (χ1) is 12.8. The van der Waals surface area contributed by atoms with Crippen molar-refractivity contribution < 1.29 is 19.0 Å². The van der Waals surface area contributed by atoms with Crippen LogP contribution in [0.2, 0.25) is 0 Å². The van der Waals surface area contributed by atoms with Gasteiger partial charge in [-0.05, 0) is 65.8 Å². The van der Waals surface area contributed by atoms with Crippen LogP contribution in [0.15, 0.2) is 23.2 Å². The van der Waals surface area contributed by atoms with Gasteiger partial charge in [-0.25, -0.2) is 9.79 Å². The van der Waals surface area contributed by atoms with Gasteiger partial charge in [0.2, 0.25) is 0 Å². The quantitative estimate of drug-likeness (QED) is 0.604. The third kappa shape index (κ3) is 7.46. The van der Waals surface area contributed by atoms with Crippen LogP contribution >= 0.6 is 0 Å². The predicted octanol–water partition coefficient (Wildman–Crippen LogP) is 3.74. The molecule has 0 unspecified atom stereocenters. The lowest BCUT2D eigenvalue weighted by Gasteiger charge is -2.19. The van der Waals surface area contributed by atoms with Crippen LogP contribution in [0.3, 0.4) is 0 Å². The van der Waals surface area contributed by atoms with Crippen molar-refractivity contribution in [2.24, 2.45) is 4.99 Å². The topological polar surface area (TPSA) is 72.4 Å². The number of nitrogens with one attached hydrogen (secondary N) is 1. The number of aliphatic imine (C=N–C) groups is 1. The number of alkyl carbamates (subject to hydrolysis) is 1. The molecule has 0 bridgehead atoms. The average molecular weight is 377 g/mol. The Morgan fingerprint density at radius 3 is 2.59 bits per heavy atom. The van der Waals surface area contributed by atoms with Crippen molar-refractivity contribution in [2.45, 2.75) is 46.1 Å². The summed E-state index contributed by atoms with van der Waals surface area (Å²) in [5.41, 5.74) is 0.0498. The summed E-state index contributed by atoms with van der Waals surface area (Å²) in [6.45, 7) is 11.0. The molecule has 1 heterocycles. The first-order valence-electron chi connectivity index (χ1n) is 9.35. The minimum absolute atomic E-state index is 0.422. The van der Waals surface area contributed by atoms with Crippen LogP contribution in [0, 0.1) is 0 Å². The Morgan fingerprint density at radius 1 is 1.26 bits per heavy atom. The monoisotopic (exact) mass is 377 g/mol. The fraction of sp³-hybridized carbons (Fsp3) is 0.600. The number of methoxy groups -OCH3 is 1. The minimum Gasteiger partial charge on any atom is -0.494 e. The lowest BCUT2D eigenvalue weighted by Crippen LogP contribution is -2.35. The fourth-order valence-corrected chi connectivity index (χ4v) is 2.80. The number of ether oxygens (including phenoxy) is 3. The van der Waals surface area contributed by atoms with Crippen molar-refractivity contribution in [3.05, 3.63) is 18.2 Å². The van der Waals surface area contributed by atoms with E-state index in [0.717, 1.165) is 25.4 Å². The van der Waals surface area contributed by atoms with Gasteiger partial charge in [0.1, 0.15) is 35.2 Å². The smallest absolute Gasteiger partial charge is 0.413 e. The van der Waals surface area contributed by atoms with E-state index in [-0.39, 0.29) is 0 Å². The molecule has 27 heavy (non-hydrogen) atoms. The second-order valence-electron chi connectivity index (χ2n) is 7.55. The predicted molar refractivity (Wildman–Crippen MR) is 106 cm³/mol. The number of nitrogens with zero attached hydrogens (tertiary/aromatic N) is 2. The molecule has 0 aliphatic carbocycles. The molecule has 1 aromatic rings.